The maximum Gasteiger partial charge on any atom is 0.408 e. The highest BCUT2D eigenvalue weighted by Gasteiger charge is 2.60. The minimum Gasteiger partial charge on any atom is -0.497 e. The average Bonchev–Trinajstić information content (AvgIpc) is 3.73. The Labute approximate surface area is 371 Å². The second-order valence-electron chi connectivity index (χ2n) is 16.5. The zero-order valence-electron chi connectivity index (χ0n) is 35.6. The van der Waals surface area contributed by atoms with Crippen molar-refractivity contribution in [2.75, 3.05) is 33.1 Å². The number of benzene rings is 3. The molecule has 5 atom stereocenters. The van der Waals surface area contributed by atoms with Crippen LogP contribution in [-0.2, 0) is 29.1 Å². The number of hydrogen-bond donors (Lipinski definition) is 3. The lowest BCUT2D eigenvalue weighted by Gasteiger charge is -2.26. The van der Waals surface area contributed by atoms with Gasteiger partial charge in [0.15, 0.2) is 5.78 Å². The first-order chi connectivity index (χ1) is 29.8. The number of imide groups is 1. The number of amides is 4. The van der Waals surface area contributed by atoms with Gasteiger partial charge in [-0.25, -0.2) is 18.2 Å². The molecule has 334 valence electrons. The van der Waals surface area contributed by atoms with Gasteiger partial charge in [0.05, 0.1) is 35.3 Å². The highest BCUT2D eigenvalue weighted by Crippen LogP contribution is 2.44. The molecule has 63 heavy (non-hydrogen) atoms. The number of ether oxygens (including phenoxy) is 3. The van der Waals surface area contributed by atoms with E-state index < -0.39 is 79.8 Å². The Morgan fingerprint density at radius 3 is 2.38 bits per heavy atom. The smallest absolute Gasteiger partial charge is 0.408 e. The van der Waals surface area contributed by atoms with Crippen LogP contribution in [0.4, 0.5) is 4.79 Å². The molecule has 2 heterocycles. The van der Waals surface area contributed by atoms with Crippen molar-refractivity contribution in [3.05, 3.63) is 97.1 Å². The Hall–Kier alpha value is -5.88. The number of ketones is 1. The molecule has 0 radical (unpaired) electrons. The van der Waals surface area contributed by atoms with Crippen LogP contribution in [0.25, 0.3) is 22.2 Å². The Morgan fingerprint density at radius 2 is 1.76 bits per heavy atom. The summed E-state index contributed by atoms with van der Waals surface area (Å²) < 4.78 is 46.4. The molecule has 4 N–H and O–H groups in total. The van der Waals surface area contributed by atoms with Gasteiger partial charge in [0.1, 0.15) is 34.6 Å². The number of fused-ring (bicyclic) bond motifs is 1. The monoisotopic (exact) mass is 902 g/mol. The molecule has 3 aromatic carbocycles. The van der Waals surface area contributed by atoms with Crippen LogP contribution >= 0.6 is 11.6 Å². The standard InChI is InChI=1S/C45H51ClN6O10S/c1-7-29-24-45(29,47)42(56)52(63(58,59)32-16-13-28(14-17-32)40(54)34(19-20-51(5)39(53)25-46)50-43(57)62-44(2,3)4)41(55)37-22-31(26-48-37)61-38-23-35(27-11-9-8-10-12-27)49-36-21-30(60-6)15-18-33(36)38/h7-18,21,23,29,31,34,37,48H,1,19-20,22,24-26,47H2,2-6H3,(H,50,57)/t29-,31-,34?,37+,45-/m1/s1. The average molecular weight is 903 g/mol. The lowest BCUT2D eigenvalue weighted by atomic mass is 10.0. The third-order valence-electron chi connectivity index (χ3n) is 10.8. The van der Waals surface area contributed by atoms with E-state index in [1.807, 2.05) is 36.4 Å². The fourth-order valence-corrected chi connectivity index (χ4v) is 8.83. The molecule has 0 spiro atoms. The zero-order chi connectivity index (χ0) is 45.9. The molecule has 4 amide bonds. The number of methoxy groups -OCH3 is 1. The molecular weight excluding hydrogens is 852 g/mol. The topological polar surface area (TPSA) is 217 Å². The maximum atomic E-state index is 14.5. The molecule has 18 heteroatoms. The fraction of sp³-hybridized carbons (Fsp3) is 0.378. The second kappa shape index (κ2) is 18.8. The molecular formula is C45H51ClN6O10S. The molecule has 1 saturated heterocycles. The number of alkyl halides is 1. The summed E-state index contributed by atoms with van der Waals surface area (Å²) in [6.07, 6.45) is -0.0401. The number of halogens is 1. The lowest BCUT2D eigenvalue weighted by molar-refractivity contribution is -0.141. The molecule has 1 aromatic heterocycles. The number of carbonyl (C=O) groups is 5. The van der Waals surface area contributed by atoms with E-state index in [-0.39, 0.29) is 48.1 Å². The van der Waals surface area contributed by atoms with Crippen molar-refractivity contribution in [2.24, 2.45) is 11.7 Å². The van der Waals surface area contributed by atoms with Crippen LogP contribution in [0, 0.1) is 5.92 Å². The summed E-state index contributed by atoms with van der Waals surface area (Å²) >= 11 is 5.69. The molecule has 0 bridgehead atoms. The number of rotatable bonds is 16. The van der Waals surface area contributed by atoms with E-state index in [0.717, 1.165) is 17.7 Å². The molecule has 16 nitrogen and oxygen atoms in total. The number of nitrogens with one attached hydrogen (secondary N) is 2. The van der Waals surface area contributed by atoms with Crippen molar-refractivity contribution < 1.29 is 46.6 Å². The molecule has 1 aliphatic heterocycles. The number of nitrogens with zero attached hydrogens (tertiary/aromatic N) is 3. The first kappa shape index (κ1) is 46.6. The van der Waals surface area contributed by atoms with E-state index in [1.54, 1.807) is 46.1 Å². The number of carbonyl (C=O) groups excluding carboxylic acids is 5. The molecule has 1 unspecified atom stereocenters. The predicted molar refractivity (Wildman–Crippen MR) is 236 cm³/mol. The first-order valence-corrected chi connectivity index (χ1v) is 22.2. The zero-order valence-corrected chi connectivity index (χ0v) is 37.2. The number of sulfonamides is 1. The Morgan fingerprint density at radius 1 is 1.06 bits per heavy atom. The summed E-state index contributed by atoms with van der Waals surface area (Å²) in [5.74, 6) is -2.99. The summed E-state index contributed by atoms with van der Waals surface area (Å²) in [5, 5.41) is 6.26. The van der Waals surface area contributed by atoms with Gasteiger partial charge in [-0.05, 0) is 70.0 Å². The number of alkyl carbamates (subject to hydrolysis) is 1. The second-order valence-corrected chi connectivity index (χ2v) is 18.6. The van der Waals surface area contributed by atoms with Crippen molar-refractivity contribution in [3.8, 4) is 22.8 Å². The van der Waals surface area contributed by atoms with E-state index in [2.05, 4.69) is 17.2 Å². The van der Waals surface area contributed by atoms with E-state index in [9.17, 15) is 32.4 Å². The number of pyridine rings is 1. The van der Waals surface area contributed by atoms with E-state index >= 15 is 0 Å². The molecule has 1 aliphatic carbocycles. The summed E-state index contributed by atoms with van der Waals surface area (Å²) in [6, 6.07) is 18.9. The van der Waals surface area contributed by atoms with Gasteiger partial charge in [-0.2, -0.15) is 4.31 Å². The van der Waals surface area contributed by atoms with Crippen molar-refractivity contribution in [3.63, 3.8) is 0 Å². The SMILES string of the molecule is C=C[C@@H]1C[C@]1(N)C(=O)N(C(=O)[C@@H]1C[C@@H](Oc2cc(-c3ccccc3)nc3cc(OC)ccc23)CN1)S(=O)(=O)c1ccc(C(=O)C(CCN(C)C(=O)CCl)NC(=O)OC(C)(C)C)cc1. The lowest BCUT2D eigenvalue weighted by Crippen LogP contribution is -2.56. The minimum absolute atomic E-state index is 0.00755. The number of nitrogens with two attached hydrogens (primary N) is 1. The third-order valence-corrected chi connectivity index (χ3v) is 12.8. The highest BCUT2D eigenvalue weighted by molar-refractivity contribution is 7.90. The molecule has 2 fully saturated rings. The van der Waals surface area contributed by atoms with Gasteiger partial charge in [-0.15, -0.1) is 18.2 Å². The molecule has 4 aromatic rings. The van der Waals surface area contributed by atoms with E-state index in [1.165, 1.54) is 30.2 Å². The Bertz CT molecular complexity index is 2520. The van der Waals surface area contributed by atoms with Crippen LogP contribution in [0.3, 0.4) is 0 Å². The van der Waals surface area contributed by atoms with Crippen molar-refractivity contribution in [1.29, 1.82) is 0 Å². The maximum absolute atomic E-state index is 14.5. The van der Waals surface area contributed by atoms with Crippen LogP contribution in [0.15, 0.2) is 96.4 Å². The molecule has 2 aliphatic rings. The van der Waals surface area contributed by atoms with Crippen molar-refractivity contribution in [2.45, 2.75) is 74.3 Å². The predicted octanol–water partition coefficient (Wildman–Crippen LogP) is 4.83. The van der Waals surface area contributed by atoms with Gasteiger partial charge in [-0.3, -0.25) is 19.2 Å². The van der Waals surface area contributed by atoms with Crippen LogP contribution in [0.2, 0.25) is 0 Å². The van der Waals surface area contributed by atoms with Gasteiger partial charge < -0.3 is 35.5 Å². The third kappa shape index (κ3) is 10.5. The highest BCUT2D eigenvalue weighted by atomic mass is 35.5. The minimum atomic E-state index is -4.93. The number of Topliss-reactive ketones (excluding diaryl/α,β-unsaturated/α-hetero) is 1. The van der Waals surface area contributed by atoms with Crippen LogP contribution < -0.4 is 25.8 Å². The Kier molecular flexibility index (Phi) is 13.9. The summed E-state index contributed by atoms with van der Waals surface area (Å²) in [7, 11) is -1.88. The van der Waals surface area contributed by atoms with Crippen molar-refractivity contribution in [1.82, 2.24) is 24.8 Å². The van der Waals surface area contributed by atoms with Gasteiger partial charge in [0.2, 0.25) is 5.91 Å². The van der Waals surface area contributed by atoms with Gasteiger partial charge >= 0.3 is 6.09 Å². The van der Waals surface area contributed by atoms with Crippen LogP contribution in [-0.4, -0.2) is 115 Å². The summed E-state index contributed by atoms with van der Waals surface area (Å²) in [4.78, 5) is 72.9. The summed E-state index contributed by atoms with van der Waals surface area (Å²) in [5.41, 5.74) is 5.91. The van der Waals surface area contributed by atoms with E-state index in [4.69, 9.17) is 36.5 Å². The number of aromatic nitrogens is 1. The number of hydrogen-bond acceptors (Lipinski definition) is 13. The van der Waals surface area contributed by atoms with Crippen LogP contribution in [0.5, 0.6) is 11.5 Å². The van der Waals surface area contributed by atoms with Crippen molar-refractivity contribution >= 4 is 62.1 Å². The van der Waals surface area contributed by atoms with E-state index in [0.29, 0.717) is 28.1 Å². The Balaban J connectivity index is 1.25. The molecule has 1 saturated carbocycles. The normalized spacial score (nSPS) is 20.0. The quantitative estimate of drug-likeness (QED) is 0.0595. The largest absolute Gasteiger partial charge is 0.497 e. The van der Waals surface area contributed by atoms with Gasteiger partial charge in [0, 0.05) is 61.1 Å². The summed E-state index contributed by atoms with van der Waals surface area (Å²) in [6.45, 7) is 8.84. The molecule has 6 rings (SSSR count). The van der Waals surface area contributed by atoms with Crippen LogP contribution in [0.1, 0.15) is 50.4 Å². The van der Waals surface area contributed by atoms with Gasteiger partial charge in [-0.1, -0.05) is 36.4 Å². The first-order valence-electron chi connectivity index (χ1n) is 20.2. The van der Waals surface area contributed by atoms with Gasteiger partial charge in [0.25, 0.3) is 21.8 Å². The fourth-order valence-electron chi connectivity index (χ4n) is 7.19.